The van der Waals surface area contributed by atoms with Gasteiger partial charge in [-0.25, -0.2) is 4.98 Å². The quantitative estimate of drug-likeness (QED) is 0.792. The highest BCUT2D eigenvalue weighted by atomic mass is 16.5. The lowest BCUT2D eigenvalue weighted by atomic mass is 10.1. The van der Waals surface area contributed by atoms with Crippen LogP contribution in [-0.2, 0) is 4.74 Å². The summed E-state index contributed by atoms with van der Waals surface area (Å²) in [4.78, 5) is 4.00. The molecule has 15 heavy (non-hydrogen) atoms. The summed E-state index contributed by atoms with van der Waals surface area (Å²) in [5.41, 5.74) is 1.25. The predicted molar refractivity (Wildman–Crippen MR) is 56.4 cm³/mol. The van der Waals surface area contributed by atoms with E-state index in [-0.39, 0.29) is 0 Å². The average Bonchev–Trinajstić information content (AvgIpc) is 2.31. The Balaban J connectivity index is 2.06. The molecule has 1 fully saturated rings. The first-order valence-corrected chi connectivity index (χ1v) is 5.09. The van der Waals surface area contributed by atoms with Crippen LogP contribution in [0.3, 0.4) is 0 Å². The van der Waals surface area contributed by atoms with E-state index in [0.717, 1.165) is 25.1 Å². The third-order valence-electron chi connectivity index (χ3n) is 2.43. The van der Waals surface area contributed by atoms with Crippen molar-refractivity contribution in [3.05, 3.63) is 24.0 Å². The molecule has 1 unspecified atom stereocenters. The number of nitriles is 1. The van der Waals surface area contributed by atoms with Gasteiger partial charge >= 0.3 is 0 Å². The van der Waals surface area contributed by atoms with E-state index < -0.39 is 0 Å². The maximum atomic E-state index is 8.86. The summed E-state index contributed by atoms with van der Waals surface area (Å²) < 4.78 is 5.36. The van der Waals surface area contributed by atoms with Crippen LogP contribution in [0.2, 0.25) is 0 Å². The van der Waals surface area contributed by atoms with E-state index in [9.17, 15) is 0 Å². The highest BCUT2D eigenvalue weighted by molar-refractivity contribution is 5.53. The molecule has 4 heteroatoms. The van der Waals surface area contributed by atoms with E-state index in [1.54, 1.807) is 6.20 Å². The largest absolute Gasteiger partial charge is 0.379 e. The Morgan fingerprint density at radius 1 is 1.60 bits per heavy atom. The van der Waals surface area contributed by atoms with Crippen molar-refractivity contribution in [3.63, 3.8) is 0 Å². The second-order valence-corrected chi connectivity index (χ2v) is 3.57. The van der Waals surface area contributed by atoms with E-state index in [2.05, 4.69) is 16.4 Å². The summed E-state index contributed by atoms with van der Waals surface area (Å²) in [6.07, 6.45) is 3.78. The van der Waals surface area contributed by atoms with Gasteiger partial charge in [-0.15, -0.1) is 0 Å². The Labute approximate surface area is 88.9 Å². The molecule has 0 radical (unpaired) electrons. The first kappa shape index (κ1) is 9.94. The van der Waals surface area contributed by atoms with Crippen molar-refractivity contribution in [1.29, 1.82) is 5.26 Å². The topological polar surface area (TPSA) is 57.9 Å². The molecule has 0 saturated carbocycles. The molecule has 0 amide bonds. The van der Waals surface area contributed by atoms with Crippen LogP contribution in [0.1, 0.15) is 18.5 Å². The fraction of sp³-hybridized carbons (Fsp3) is 0.455. The molecule has 1 aliphatic heterocycles. The van der Waals surface area contributed by atoms with E-state index in [1.165, 1.54) is 0 Å². The normalized spacial score (nSPS) is 20.6. The molecule has 0 bridgehead atoms. The second kappa shape index (κ2) is 4.76. The predicted octanol–water partition coefficient (Wildman–Crippen LogP) is 1.54. The third kappa shape index (κ3) is 2.45. The van der Waals surface area contributed by atoms with E-state index in [0.29, 0.717) is 18.3 Å². The lowest BCUT2D eigenvalue weighted by Gasteiger charge is -2.24. The van der Waals surface area contributed by atoms with E-state index >= 15 is 0 Å². The van der Waals surface area contributed by atoms with Gasteiger partial charge in [-0.05, 0) is 25.0 Å². The molecule has 78 valence electrons. The monoisotopic (exact) mass is 203 g/mol. The molecule has 0 aliphatic carbocycles. The first-order valence-electron chi connectivity index (χ1n) is 5.09. The molecule has 2 heterocycles. The number of nitrogens with one attached hydrogen (secondary N) is 1. The van der Waals surface area contributed by atoms with E-state index in [1.807, 2.05) is 12.1 Å². The number of anilines is 1. The minimum absolute atomic E-state index is 0.301. The van der Waals surface area contributed by atoms with Crippen LogP contribution in [0.5, 0.6) is 0 Å². The Kier molecular flexibility index (Phi) is 3.15. The maximum absolute atomic E-state index is 8.86. The summed E-state index contributed by atoms with van der Waals surface area (Å²) in [5.74, 6) is 0. The molecular formula is C11H13N3O. The molecule has 0 aromatic carbocycles. The van der Waals surface area contributed by atoms with Gasteiger partial charge in [0.1, 0.15) is 6.07 Å². The fourth-order valence-corrected chi connectivity index (χ4v) is 1.69. The van der Waals surface area contributed by atoms with Gasteiger partial charge in [0, 0.05) is 18.8 Å². The van der Waals surface area contributed by atoms with Gasteiger partial charge in [0.25, 0.3) is 0 Å². The minimum atomic E-state index is 0.301. The maximum Gasteiger partial charge on any atom is 0.163 e. The SMILES string of the molecule is N#Cc1ncccc1NC1CCCOC1. The zero-order valence-electron chi connectivity index (χ0n) is 8.44. The van der Waals surface area contributed by atoms with Crippen LogP contribution in [0.4, 0.5) is 5.69 Å². The zero-order chi connectivity index (χ0) is 10.5. The summed E-state index contributed by atoms with van der Waals surface area (Å²) in [6.45, 7) is 1.55. The second-order valence-electron chi connectivity index (χ2n) is 3.57. The minimum Gasteiger partial charge on any atom is -0.379 e. The number of rotatable bonds is 2. The molecule has 1 N–H and O–H groups in total. The van der Waals surface area contributed by atoms with Crippen molar-refractivity contribution in [2.24, 2.45) is 0 Å². The lowest BCUT2D eigenvalue weighted by molar-refractivity contribution is 0.0876. The van der Waals surface area contributed by atoms with Gasteiger partial charge in [-0.2, -0.15) is 5.26 Å². The van der Waals surface area contributed by atoms with Crippen LogP contribution >= 0.6 is 0 Å². The third-order valence-corrected chi connectivity index (χ3v) is 2.43. The van der Waals surface area contributed by atoms with Crippen LogP contribution < -0.4 is 5.32 Å². The average molecular weight is 203 g/mol. The lowest BCUT2D eigenvalue weighted by Crippen LogP contribution is -2.30. The van der Waals surface area contributed by atoms with Crippen molar-refractivity contribution in [3.8, 4) is 6.07 Å². The molecule has 1 aromatic heterocycles. The first-order chi connectivity index (χ1) is 7.40. The molecule has 1 aliphatic rings. The van der Waals surface area contributed by atoms with Crippen LogP contribution in [0.15, 0.2) is 18.3 Å². The van der Waals surface area contributed by atoms with Gasteiger partial charge in [0.2, 0.25) is 0 Å². The number of ether oxygens (including phenoxy) is 1. The molecule has 1 aromatic rings. The van der Waals surface area contributed by atoms with Crippen molar-refractivity contribution in [2.75, 3.05) is 18.5 Å². The Hall–Kier alpha value is -1.60. The Morgan fingerprint density at radius 2 is 2.53 bits per heavy atom. The number of nitrogens with zero attached hydrogens (tertiary/aromatic N) is 2. The molecule has 1 saturated heterocycles. The van der Waals surface area contributed by atoms with Crippen LogP contribution in [-0.4, -0.2) is 24.2 Å². The van der Waals surface area contributed by atoms with Crippen molar-refractivity contribution in [1.82, 2.24) is 4.98 Å². The van der Waals surface area contributed by atoms with Crippen molar-refractivity contribution < 1.29 is 4.74 Å². The highest BCUT2D eigenvalue weighted by Gasteiger charge is 2.14. The number of hydrogen-bond acceptors (Lipinski definition) is 4. The van der Waals surface area contributed by atoms with Gasteiger partial charge in [-0.1, -0.05) is 0 Å². The Morgan fingerprint density at radius 3 is 3.27 bits per heavy atom. The number of pyridine rings is 1. The zero-order valence-corrected chi connectivity index (χ0v) is 8.44. The van der Waals surface area contributed by atoms with Crippen molar-refractivity contribution in [2.45, 2.75) is 18.9 Å². The van der Waals surface area contributed by atoms with Crippen LogP contribution in [0.25, 0.3) is 0 Å². The summed E-state index contributed by atoms with van der Waals surface area (Å²) in [7, 11) is 0. The molecule has 1 atom stereocenters. The van der Waals surface area contributed by atoms with Gasteiger partial charge in [0.15, 0.2) is 5.69 Å². The van der Waals surface area contributed by atoms with Gasteiger partial charge < -0.3 is 10.1 Å². The molecule has 2 rings (SSSR count). The van der Waals surface area contributed by atoms with Crippen LogP contribution in [0, 0.1) is 11.3 Å². The van der Waals surface area contributed by atoms with Gasteiger partial charge in [-0.3, -0.25) is 0 Å². The van der Waals surface area contributed by atoms with E-state index in [4.69, 9.17) is 10.00 Å². The standard InChI is InChI=1S/C11H13N3O/c12-7-11-10(4-1-5-13-11)14-9-3-2-6-15-8-9/h1,4-5,9,14H,2-3,6,8H2. The summed E-state index contributed by atoms with van der Waals surface area (Å²) >= 11 is 0. The van der Waals surface area contributed by atoms with Gasteiger partial charge in [0.05, 0.1) is 12.3 Å². The molecular weight excluding hydrogens is 190 g/mol. The number of hydrogen-bond donors (Lipinski definition) is 1. The highest BCUT2D eigenvalue weighted by Crippen LogP contribution is 2.16. The smallest absolute Gasteiger partial charge is 0.163 e. The Bertz CT molecular complexity index is 366. The van der Waals surface area contributed by atoms with Crippen molar-refractivity contribution >= 4 is 5.69 Å². The fourth-order valence-electron chi connectivity index (χ4n) is 1.69. The summed E-state index contributed by atoms with van der Waals surface area (Å²) in [6, 6.07) is 6.07. The summed E-state index contributed by atoms with van der Waals surface area (Å²) in [5, 5.41) is 12.2. The molecule has 4 nitrogen and oxygen atoms in total. The molecule has 0 spiro atoms. The number of aromatic nitrogens is 1.